The molecule has 0 aliphatic carbocycles. The van der Waals surface area contributed by atoms with Crippen molar-refractivity contribution in [2.75, 3.05) is 0 Å². The lowest BCUT2D eigenvalue weighted by Crippen LogP contribution is -2.23. The van der Waals surface area contributed by atoms with Gasteiger partial charge in [0.2, 0.25) is 0 Å². The molecule has 0 bridgehead atoms. The van der Waals surface area contributed by atoms with E-state index in [1.54, 1.807) is 28.8 Å². The number of hydrogen-bond donors (Lipinski definition) is 0. The van der Waals surface area contributed by atoms with Crippen LogP contribution < -0.4 is 5.56 Å². The summed E-state index contributed by atoms with van der Waals surface area (Å²) in [5.74, 6) is 0.244. The van der Waals surface area contributed by atoms with Crippen LogP contribution in [0.3, 0.4) is 0 Å². The van der Waals surface area contributed by atoms with Crippen LogP contribution in [-0.2, 0) is 0 Å². The number of para-hydroxylation sites is 1. The van der Waals surface area contributed by atoms with Crippen molar-refractivity contribution in [2.24, 2.45) is 0 Å². The Bertz CT molecular complexity index is 1250. The molecule has 0 aliphatic rings. The summed E-state index contributed by atoms with van der Waals surface area (Å²) in [5, 5.41) is 0.571. The average molecular weight is 370 g/mol. The molecule has 1 aromatic heterocycles. The van der Waals surface area contributed by atoms with Gasteiger partial charge in [-0.25, -0.2) is 9.37 Å². The molecule has 4 rings (SSSR count). The Morgan fingerprint density at radius 2 is 1.68 bits per heavy atom. The lowest BCUT2D eigenvalue weighted by atomic mass is 10.1. The molecule has 0 N–H and O–H groups in total. The van der Waals surface area contributed by atoms with E-state index in [1.807, 2.05) is 56.3 Å². The molecule has 0 saturated carbocycles. The second kappa shape index (κ2) is 7.24. The SMILES string of the molecule is Cc1ccc(-n2c(/C=C\c3ccc(F)cc3)nc3ccccc3c2=O)c(C)c1. The van der Waals surface area contributed by atoms with Gasteiger partial charge in [0, 0.05) is 0 Å². The average Bonchev–Trinajstić information content (AvgIpc) is 2.69. The standard InChI is InChI=1S/C24H19FN2O/c1-16-7-13-22(17(2)15-16)27-23(14-10-18-8-11-19(25)12-9-18)26-21-6-4-3-5-20(21)24(27)28/h3-15H,1-2H3/b14-10-. The minimum Gasteiger partial charge on any atom is -0.268 e. The summed E-state index contributed by atoms with van der Waals surface area (Å²) in [4.78, 5) is 18.0. The van der Waals surface area contributed by atoms with Crippen molar-refractivity contribution < 1.29 is 4.39 Å². The van der Waals surface area contributed by atoms with Crippen molar-refractivity contribution in [1.29, 1.82) is 0 Å². The fourth-order valence-electron chi connectivity index (χ4n) is 3.30. The van der Waals surface area contributed by atoms with Crippen molar-refractivity contribution in [3.8, 4) is 5.69 Å². The summed E-state index contributed by atoms with van der Waals surface area (Å²) >= 11 is 0. The van der Waals surface area contributed by atoms with Crippen molar-refractivity contribution >= 4 is 23.1 Å². The normalized spacial score (nSPS) is 11.4. The van der Waals surface area contributed by atoms with E-state index in [1.165, 1.54) is 12.1 Å². The maximum Gasteiger partial charge on any atom is 0.266 e. The number of benzene rings is 3. The molecule has 0 amide bonds. The molecule has 28 heavy (non-hydrogen) atoms. The van der Waals surface area contributed by atoms with Gasteiger partial charge in [0.25, 0.3) is 5.56 Å². The molecule has 0 aliphatic heterocycles. The van der Waals surface area contributed by atoms with Gasteiger partial charge in [-0.05, 0) is 61.4 Å². The number of halogens is 1. The molecular formula is C24H19FN2O. The summed E-state index contributed by atoms with van der Waals surface area (Å²) in [6.07, 6.45) is 3.62. The zero-order chi connectivity index (χ0) is 19.7. The molecule has 4 aromatic rings. The first kappa shape index (κ1) is 17.9. The maximum atomic E-state index is 13.3. The van der Waals surface area contributed by atoms with E-state index in [0.717, 1.165) is 22.4 Å². The number of aromatic nitrogens is 2. The highest BCUT2D eigenvalue weighted by atomic mass is 19.1. The molecule has 0 spiro atoms. The van der Waals surface area contributed by atoms with E-state index in [0.29, 0.717) is 16.7 Å². The lowest BCUT2D eigenvalue weighted by Gasteiger charge is -2.14. The van der Waals surface area contributed by atoms with Gasteiger partial charge in [-0.3, -0.25) is 9.36 Å². The summed E-state index contributed by atoms with van der Waals surface area (Å²) < 4.78 is 14.8. The Morgan fingerprint density at radius 1 is 0.929 bits per heavy atom. The first-order chi connectivity index (χ1) is 13.5. The minimum absolute atomic E-state index is 0.115. The van der Waals surface area contributed by atoms with Crippen LogP contribution in [0.15, 0.2) is 71.5 Å². The molecule has 4 heteroatoms. The highest BCUT2D eigenvalue weighted by molar-refractivity contribution is 5.80. The number of nitrogens with zero attached hydrogens (tertiary/aromatic N) is 2. The Hall–Kier alpha value is -3.53. The fraction of sp³-hybridized carbons (Fsp3) is 0.0833. The zero-order valence-corrected chi connectivity index (χ0v) is 15.7. The van der Waals surface area contributed by atoms with Crippen LogP contribution >= 0.6 is 0 Å². The summed E-state index contributed by atoms with van der Waals surface area (Å²) in [6, 6.07) is 19.5. The minimum atomic E-state index is -0.284. The predicted octanol–water partition coefficient (Wildman–Crippen LogP) is 5.31. The second-order valence-corrected chi connectivity index (χ2v) is 6.80. The van der Waals surface area contributed by atoms with E-state index >= 15 is 0 Å². The van der Waals surface area contributed by atoms with E-state index < -0.39 is 0 Å². The molecule has 0 unspecified atom stereocenters. The first-order valence-electron chi connectivity index (χ1n) is 9.06. The third-order valence-electron chi connectivity index (χ3n) is 4.69. The van der Waals surface area contributed by atoms with E-state index in [9.17, 15) is 9.18 Å². The molecule has 3 nitrogen and oxygen atoms in total. The van der Waals surface area contributed by atoms with Gasteiger partial charge < -0.3 is 0 Å². The summed E-state index contributed by atoms with van der Waals surface area (Å²) in [7, 11) is 0. The molecule has 1 heterocycles. The predicted molar refractivity (Wildman–Crippen MR) is 112 cm³/mol. The van der Waals surface area contributed by atoms with Crippen LogP contribution in [0, 0.1) is 19.7 Å². The monoisotopic (exact) mass is 370 g/mol. The Balaban J connectivity index is 1.95. The number of rotatable bonds is 3. The third-order valence-corrected chi connectivity index (χ3v) is 4.69. The Kier molecular flexibility index (Phi) is 4.62. The lowest BCUT2D eigenvalue weighted by molar-refractivity contribution is 0.628. The molecular weight excluding hydrogens is 351 g/mol. The highest BCUT2D eigenvalue weighted by Gasteiger charge is 2.12. The van der Waals surface area contributed by atoms with Gasteiger partial charge in [0.1, 0.15) is 11.6 Å². The van der Waals surface area contributed by atoms with Gasteiger partial charge in [0.15, 0.2) is 0 Å². The van der Waals surface area contributed by atoms with Crippen LogP contribution in [0.4, 0.5) is 4.39 Å². The molecule has 0 fully saturated rings. The van der Waals surface area contributed by atoms with Crippen molar-refractivity contribution in [3.05, 3.63) is 105 Å². The quantitative estimate of drug-likeness (QED) is 0.490. The molecule has 0 atom stereocenters. The Morgan fingerprint density at radius 3 is 2.43 bits per heavy atom. The zero-order valence-electron chi connectivity index (χ0n) is 15.7. The number of aryl methyl sites for hydroxylation is 2. The number of hydrogen-bond acceptors (Lipinski definition) is 2. The maximum absolute atomic E-state index is 13.3. The van der Waals surface area contributed by atoms with Gasteiger partial charge >= 0.3 is 0 Å². The van der Waals surface area contributed by atoms with Crippen LogP contribution in [0.1, 0.15) is 22.5 Å². The van der Waals surface area contributed by atoms with Crippen LogP contribution in [0.5, 0.6) is 0 Å². The van der Waals surface area contributed by atoms with Gasteiger partial charge in [-0.15, -0.1) is 0 Å². The summed E-state index contributed by atoms with van der Waals surface area (Å²) in [5.41, 5.74) is 4.29. The smallest absolute Gasteiger partial charge is 0.266 e. The van der Waals surface area contributed by atoms with Crippen molar-refractivity contribution in [3.63, 3.8) is 0 Å². The third kappa shape index (κ3) is 3.37. The molecule has 3 aromatic carbocycles. The first-order valence-corrected chi connectivity index (χ1v) is 9.06. The van der Waals surface area contributed by atoms with Crippen LogP contribution in [0.2, 0.25) is 0 Å². The topological polar surface area (TPSA) is 34.9 Å². The summed E-state index contributed by atoms with van der Waals surface area (Å²) in [6.45, 7) is 4.00. The van der Waals surface area contributed by atoms with Gasteiger partial charge in [-0.2, -0.15) is 0 Å². The number of fused-ring (bicyclic) bond motifs is 1. The van der Waals surface area contributed by atoms with Crippen molar-refractivity contribution in [2.45, 2.75) is 13.8 Å². The Labute approximate surface area is 162 Å². The van der Waals surface area contributed by atoms with Gasteiger partial charge in [0.05, 0.1) is 16.6 Å². The largest absolute Gasteiger partial charge is 0.268 e. The highest BCUT2D eigenvalue weighted by Crippen LogP contribution is 2.19. The van der Waals surface area contributed by atoms with E-state index in [-0.39, 0.29) is 11.4 Å². The van der Waals surface area contributed by atoms with Crippen LogP contribution in [-0.4, -0.2) is 9.55 Å². The molecule has 0 saturated heterocycles. The van der Waals surface area contributed by atoms with E-state index in [4.69, 9.17) is 4.98 Å². The van der Waals surface area contributed by atoms with Crippen molar-refractivity contribution in [1.82, 2.24) is 9.55 Å². The second-order valence-electron chi connectivity index (χ2n) is 6.80. The van der Waals surface area contributed by atoms with E-state index in [2.05, 4.69) is 0 Å². The molecule has 0 radical (unpaired) electrons. The molecule has 138 valence electrons. The van der Waals surface area contributed by atoms with Crippen LogP contribution in [0.25, 0.3) is 28.7 Å². The fourth-order valence-corrected chi connectivity index (χ4v) is 3.30. The van der Waals surface area contributed by atoms with Gasteiger partial charge in [-0.1, -0.05) is 48.0 Å².